The third-order valence-corrected chi connectivity index (χ3v) is 6.08. The highest BCUT2D eigenvalue weighted by Crippen LogP contribution is 2.32. The van der Waals surface area contributed by atoms with Crippen molar-refractivity contribution in [3.05, 3.63) is 87.7 Å². The first-order valence-corrected chi connectivity index (χ1v) is 10.2. The molecule has 0 fully saturated rings. The Morgan fingerprint density at radius 1 is 1.04 bits per heavy atom. The van der Waals surface area contributed by atoms with E-state index in [1.165, 1.54) is 0 Å². The molecule has 27 heavy (non-hydrogen) atoms. The Hall–Kier alpha value is -2.50. The van der Waals surface area contributed by atoms with Crippen LogP contribution in [0.1, 0.15) is 28.9 Å². The number of nitrogens with zero attached hydrogens (tertiary/aromatic N) is 1. The quantitative estimate of drug-likeness (QED) is 0.412. The predicted molar refractivity (Wildman–Crippen MR) is 115 cm³/mol. The van der Waals surface area contributed by atoms with E-state index in [0.717, 1.165) is 30.8 Å². The van der Waals surface area contributed by atoms with E-state index in [1.807, 2.05) is 79.7 Å². The average molecular weight is 437 g/mol. The Labute approximate surface area is 170 Å². The normalized spacial score (nSPS) is 12.1. The van der Waals surface area contributed by atoms with Gasteiger partial charge < -0.3 is 5.32 Å². The molecule has 0 radical (unpaired) electrons. The lowest BCUT2D eigenvalue weighted by Crippen LogP contribution is -2.27. The van der Waals surface area contributed by atoms with Gasteiger partial charge in [0.25, 0.3) is 5.91 Å². The zero-order valence-electron chi connectivity index (χ0n) is 14.6. The molecule has 2 aromatic heterocycles. The van der Waals surface area contributed by atoms with Crippen LogP contribution in [0.2, 0.25) is 0 Å². The summed E-state index contributed by atoms with van der Waals surface area (Å²) < 4.78 is 1.04. The number of halogens is 1. The number of para-hydroxylation sites is 1. The van der Waals surface area contributed by atoms with Crippen LogP contribution in [-0.2, 0) is 0 Å². The average Bonchev–Trinajstić information content (AvgIpc) is 3.14. The fourth-order valence-electron chi connectivity index (χ4n) is 3.04. The first-order chi connectivity index (χ1) is 13.1. The molecule has 0 bridgehead atoms. The topological polar surface area (TPSA) is 42.0 Å². The molecule has 134 valence electrons. The number of rotatable bonds is 4. The van der Waals surface area contributed by atoms with E-state index in [-0.39, 0.29) is 11.9 Å². The summed E-state index contributed by atoms with van der Waals surface area (Å²) in [5.74, 6) is -0.0955. The van der Waals surface area contributed by atoms with Crippen molar-refractivity contribution in [1.29, 1.82) is 0 Å². The summed E-state index contributed by atoms with van der Waals surface area (Å²) in [6.45, 7) is 1.99. The summed E-state index contributed by atoms with van der Waals surface area (Å²) in [6.07, 6.45) is 0. The summed E-state index contributed by atoms with van der Waals surface area (Å²) in [5, 5.41) is 3.97. The molecule has 1 amide bonds. The lowest BCUT2D eigenvalue weighted by atomic mass is 10.0. The maximum atomic E-state index is 13.1. The summed E-state index contributed by atoms with van der Waals surface area (Å²) in [6, 6.07) is 23.5. The van der Waals surface area contributed by atoms with Crippen LogP contribution in [0.3, 0.4) is 0 Å². The first-order valence-electron chi connectivity index (χ1n) is 8.63. The fraction of sp³-hybridized carbons (Fsp3) is 0.0909. The van der Waals surface area contributed by atoms with Crippen LogP contribution < -0.4 is 5.32 Å². The van der Waals surface area contributed by atoms with E-state index in [4.69, 9.17) is 4.98 Å². The molecule has 1 atom stereocenters. The maximum Gasteiger partial charge on any atom is 0.252 e. The number of carbonyl (C=O) groups is 1. The molecule has 5 heteroatoms. The van der Waals surface area contributed by atoms with E-state index in [9.17, 15) is 4.79 Å². The van der Waals surface area contributed by atoms with Crippen molar-refractivity contribution >= 4 is 44.1 Å². The third-order valence-electron chi connectivity index (χ3n) is 4.43. The van der Waals surface area contributed by atoms with E-state index in [0.29, 0.717) is 5.56 Å². The molecule has 0 spiro atoms. The number of pyridine rings is 1. The monoisotopic (exact) mass is 436 g/mol. The van der Waals surface area contributed by atoms with Crippen molar-refractivity contribution < 1.29 is 4.79 Å². The van der Waals surface area contributed by atoms with Gasteiger partial charge >= 0.3 is 0 Å². The van der Waals surface area contributed by atoms with Crippen LogP contribution in [0.5, 0.6) is 0 Å². The zero-order valence-corrected chi connectivity index (χ0v) is 17.0. The van der Waals surface area contributed by atoms with Crippen LogP contribution in [0.4, 0.5) is 0 Å². The standard InChI is InChI=1S/C22H17BrN2OS/c1-14(15-7-3-2-4-8-15)24-22(26)17-13-19(20-11-12-21(23)27-20)25-18-10-6-5-9-16(17)18/h2-14H,1H3,(H,24,26)/t14-/m1/s1. The SMILES string of the molecule is C[C@@H](NC(=O)c1cc(-c2ccc(Br)s2)nc2ccccc12)c1ccccc1. The molecular weight excluding hydrogens is 420 g/mol. The molecule has 0 saturated heterocycles. The Balaban J connectivity index is 1.74. The summed E-state index contributed by atoms with van der Waals surface area (Å²) >= 11 is 5.10. The minimum Gasteiger partial charge on any atom is -0.345 e. The molecular formula is C22H17BrN2OS. The zero-order chi connectivity index (χ0) is 18.8. The van der Waals surface area contributed by atoms with Crippen molar-refractivity contribution in [3.63, 3.8) is 0 Å². The number of amides is 1. The first kappa shape index (κ1) is 17.9. The van der Waals surface area contributed by atoms with Gasteiger partial charge in [0.1, 0.15) is 0 Å². The molecule has 2 aromatic carbocycles. The Bertz CT molecular complexity index is 1110. The minimum absolute atomic E-state index is 0.0787. The largest absolute Gasteiger partial charge is 0.345 e. The van der Waals surface area contributed by atoms with E-state index >= 15 is 0 Å². The van der Waals surface area contributed by atoms with Gasteiger partial charge in [0.2, 0.25) is 0 Å². The van der Waals surface area contributed by atoms with Crippen LogP contribution >= 0.6 is 27.3 Å². The highest BCUT2D eigenvalue weighted by molar-refractivity contribution is 9.11. The maximum absolute atomic E-state index is 13.1. The van der Waals surface area contributed by atoms with Crippen LogP contribution in [-0.4, -0.2) is 10.9 Å². The second-order valence-corrected chi connectivity index (χ2v) is 8.74. The van der Waals surface area contributed by atoms with Gasteiger partial charge in [-0.05, 0) is 52.7 Å². The van der Waals surface area contributed by atoms with Gasteiger partial charge in [0, 0.05) is 5.39 Å². The second kappa shape index (κ2) is 7.62. The number of hydrogen-bond donors (Lipinski definition) is 1. The van der Waals surface area contributed by atoms with Crippen molar-refractivity contribution in [2.45, 2.75) is 13.0 Å². The highest BCUT2D eigenvalue weighted by atomic mass is 79.9. The Kier molecular flexibility index (Phi) is 5.05. The molecule has 0 aliphatic carbocycles. The Morgan fingerprint density at radius 3 is 2.52 bits per heavy atom. The molecule has 3 nitrogen and oxygen atoms in total. The van der Waals surface area contributed by atoms with Gasteiger partial charge in [-0.3, -0.25) is 4.79 Å². The predicted octanol–water partition coefficient (Wildman–Crippen LogP) is 6.22. The molecule has 1 N–H and O–H groups in total. The minimum atomic E-state index is -0.0955. The fourth-order valence-corrected chi connectivity index (χ4v) is 4.39. The van der Waals surface area contributed by atoms with Crippen molar-refractivity contribution in [3.8, 4) is 10.6 Å². The van der Waals surface area contributed by atoms with Crippen molar-refractivity contribution in [2.75, 3.05) is 0 Å². The number of benzene rings is 2. The lowest BCUT2D eigenvalue weighted by Gasteiger charge is -2.16. The van der Waals surface area contributed by atoms with Gasteiger partial charge in [0.05, 0.1) is 31.5 Å². The number of thiophene rings is 1. The molecule has 0 unspecified atom stereocenters. The highest BCUT2D eigenvalue weighted by Gasteiger charge is 2.17. The van der Waals surface area contributed by atoms with Gasteiger partial charge in [-0.15, -0.1) is 11.3 Å². The van der Waals surface area contributed by atoms with Crippen LogP contribution in [0.15, 0.2) is 76.6 Å². The van der Waals surface area contributed by atoms with Gasteiger partial charge in [0.15, 0.2) is 0 Å². The summed E-state index contributed by atoms with van der Waals surface area (Å²) in [5.41, 5.74) is 3.34. The molecule has 0 aliphatic heterocycles. The second-order valence-electron chi connectivity index (χ2n) is 6.28. The molecule has 0 saturated carbocycles. The van der Waals surface area contributed by atoms with Gasteiger partial charge in [-0.25, -0.2) is 4.98 Å². The number of nitrogens with one attached hydrogen (secondary N) is 1. The smallest absolute Gasteiger partial charge is 0.252 e. The lowest BCUT2D eigenvalue weighted by molar-refractivity contribution is 0.0941. The number of fused-ring (bicyclic) bond motifs is 1. The van der Waals surface area contributed by atoms with Crippen molar-refractivity contribution in [1.82, 2.24) is 10.3 Å². The third kappa shape index (κ3) is 3.80. The van der Waals surface area contributed by atoms with E-state index in [1.54, 1.807) is 11.3 Å². The van der Waals surface area contributed by atoms with E-state index in [2.05, 4.69) is 21.2 Å². The van der Waals surface area contributed by atoms with Crippen molar-refractivity contribution in [2.24, 2.45) is 0 Å². The number of hydrogen-bond acceptors (Lipinski definition) is 3. The number of carbonyl (C=O) groups excluding carboxylic acids is 1. The summed E-state index contributed by atoms with van der Waals surface area (Å²) in [4.78, 5) is 18.9. The molecule has 4 rings (SSSR count). The molecule has 2 heterocycles. The van der Waals surface area contributed by atoms with Gasteiger partial charge in [-0.2, -0.15) is 0 Å². The van der Waals surface area contributed by atoms with Crippen LogP contribution in [0.25, 0.3) is 21.5 Å². The van der Waals surface area contributed by atoms with Gasteiger partial charge in [-0.1, -0.05) is 48.5 Å². The van der Waals surface area contributed by atoms with Crippen LogP contribution in [0, 0.1) is 0 Å². The van der Waals surface area contributed by atoms with E-state index < -0.39 is 0 Å². The molecule has 0 aliphatic rings. The number of aromatic nitrogens is 1. The summed E-state index contributed by atoms with van der Waals surface area (Å²) in [7, 11) is 0. The molecule has 4 aromatic rings. The Morgan fingerprint density at radius 2 is 1.78 bits per heavy atom.